The molecule has 0 heterocycles. The summed E-state index contributed by atoms with van der Waals surface area (Å²) in [5.74, 6) is -2.70. The van der Waals surface area contributed by atoms with Gasteiger partial charge < -0.3 is 24.1 Å². The summed E-state index contributed by atoms with van der Waals surface area (Å²) in [5.41, 5.74) is -1.50. The van der Waals surface area contributed by atoms with Gasteiger partial charge in [0.15, 0.2) is 15.6 Å². The van der Waals surface area contributed by atoms with Crippen molar-refractivity contribution in [2.24, 2.45) is 10.2 Å². The molecule has 4 aromatic rings. The molecule has 0 aromatic heterocycles. The molecule has 0 aliphatic carbocycles. The molecule has 0 saturated carbocycles. The zero-order valence-electron chi connectivity index (χ0n) is 25.4. The van der Waals surface area contributed by atoms with E-state index in [4.69, 9.17) is 0 Å². The Balaban J connectivity index is 0.00000384. The summed E-state index contributed by atoms with van der Waals surface area (Å²) in [6, 6.07) is 10.00. The minimum Gasteiger partial charge on any atom is -0.744 e. The van der Waals surface area contributed by atoms with Crippen LogP contribution < -0.4 is 94.0 Å². The van der Waals surface area contributed by atoms with Crippen LogP contribution in [0.2, 0.25) is 0 Å². The standard InChI is InChI=1S/C24H21N3O14S4.3Na/c1-13(28)25-19-12-17(43(32,33)34)9-15-10-21(44(35,36)37)23(24(29)22(15)19)27-26-16-6-5-14-3-2-4-20(18(14)11-16)42(30,31)8-7-41-45(38,39)40;;;/h2-6,9-12,29H,7-8H2,1H3,(H,25,28)(H,32,33,34)(H,35,36,37)(H,38,39,40);;;/q;3*+1/p-3. The van der Waals surface area contributed by atoms with Gasteiger partial charge in [0, 0.05) is 17.7 Å². The Bertz CT molecular complexity index is 2370. The van der Waals surface area contributed by atoms with Gasteiger partial charge in [-0.2, -0.15) is 5.11 Å². The maximum absolute atomic E-state index is 12.9. The third-order valence-corrected chi connectivity index (χ3v) is 9.85. The normalized spacial score (nSPS) is 12.2. The number of hydrogen-bond donors (Lipinski definition) is 2. The second kappa shape index (κ2) is 17.0. The molecule has 0 aliphatic rings. The maximum Gasteiger partial charge on any atom is 1.00 e. The summed E-state index contributed by atoms with van der Waals surface area (Å²) in [6.45, 7) is 0.0612. The van der Waals surface area contributed by atoms with Gasteiger partial charge in [-0.25, -0.2) is 33.7 Å². The third kappa shape index (κ3) is 11.0. The SMILES string of the molecule is CC(=O)Nc1cc(S(=O)(=O)[O-])cc2cc(S(=O)(=O)[O-])c(N=Nc3ccc4cccc(S(=O)(=O)CCOS(=O)(=O)[O-])c4c3)c(O)c12.[Na+].[Na+].[Na+]. The molecule has 240 valence electrons. The summed E-state index contributed by atoms with van der Waals surface area (Å²) in [7, 11) is -20.0. The van der Waals surface area contributed by atoms with Gasteiger partial charge in [0.2, 0.25) is 16.3 Å². The van der Waals surface area contributed by atoms with Crippen molar-refractivity contribution >= 4 is 85.0 Å². The van der Waals surface area contributed by atoms with E-state index in [0.717, 1.165) is 6.92 Å². The van der Waals surface area contributed by atoms with Gasteiger partial charge in [0.25, 0.3) is 0 Å². The number of carbonyl (C=O) groups excluding carboxylic acids is 1. The molecular weight excluding hydrogens is 752 g/mol. The molecule has 0 fully saturated rings. The minimum absolute atomic E-state index is 0. The molecule has 0 radical (unpaired) electrons. The number of phenolic OH excluding ortho intramolecular Hbond substituents is 1. The molecular formula is C24H18N3Na3O14S4. The number of carbonyl (C=O) groups is 1. The molecule has 0 atom stereocenters. The van der Waals surface area contributed by atoms with Gasteiger partial charge in [0.1, 0.15) is 25.9 Å². The molecule has 48 heavy (non-hydrogen) atoms. The van der Waals surface area contributed by atoms with Crippen LogP contribution in [0.1, 0.15) is 6.92 Å². The number of benzene rings is 4. The van der Waals surface area contributed by atoms with Crippen LogP contribution in [-0.4, -0.2) is 70.7 Å². The van der Waals surface area contributed by atoms with E-state index in [2.05, 4.69) is 19.7 Å². The number of azo groups is 1. The molecule has 0 aliphatic heterocycles. The molecule has 0 bridgehead atoms. The van der Waals surface area contributed by atoms with Crippen molar-refractivity contribution in [1.82, 2.24) is 0 Å². The van der Waals surface area contributed by atoms with Crippen LogP contribution in [0, 0.1) is 0 Å². The second-order valence-corrected chi connectivity index (χ2v) is 15.0. The quantitative estimate of drug-likeness (QED) is 0.0656. The number of fused-ring (bicyclic) bond motifs is 2. The van der Waals surface area contributed by atoms with Crippen LogP contribution >= 0.6 is 0 Å². The number of amides is 1. The summed E-state index contributed by atoms with van der Waals surface area (Å²) in [4.78, 5) is 9.35. The van der Waals surface area contributed by atoms with Gasteiger partial charge in [0.05, 0.1) is 38.4 Å². The number of nitrogens with one attached hydrogen (secondary N) is 1. The van der Waals surface area contributed by atoms with E-state index in [-0.39, 0.29) is 105 Å². The Morgan fingerprint density at radius 2 is 1.46 bits per heavy atom. The third-order valence-electron chi connectivity index (χ3n) is 6.00. The Hall–Kier alpha value is -1.09. The van der Waals surface area contributed by atoms with Crippen molar-refractivity contribution in [3.63, 3.8) is 0 Å². The zero-order chi connectivity index (χ0) is 33.5. The molecule has 2 N–H and O–H groups in total. The van der Waals surface area contributed by atoms with Crippen LogP contribution in [0.25, 0.3) is 21.5 Å². The zero-order valence-corrected chi connectivity index (χ0v) is 34.7. The first-order valence-corrected chi connectivity index (χ1v) is 17.8. The molecule has 4 aromatic carbocycles. The Morgan fingerprint density at radius 1 is 0.812 bits per heavy atom. The maximum atomic E-state index is 12.9. The molecule has 17 nitrogen and oxygen atoms in total. The Kier molecular flexibility index (Phi) is 15.9. The fourth-order valence-electron chi connectivity index (χ4n) is 4.21. The summed E-state index contributed by atoms with van der Waals surface area (Å²) in [5, 5.41) is 20.3. The monoisotopic (exact) mass is 769 g/mol. The van der Waals surface area contributed by atoms with E-state index in [1.165, 1.54) is 36.4 Å². The summed E-state index contributed by atoms with van der Waals surface area (Å²) in [6.07, 6.45) is 0. The van der Waals surface area contributed by atoms with Gasteiger partial charge in [-0.1, -0.05) is 18.2 Å². The fourth-order valence-corrected chi connectivity index (χ4v) is 7.10. The largest absolute Gasteiger partial charge is 1.00 e. The Morgan fingerprint density at radius 3 is 2.02 bits per heavy atom. The van der Waals surface area contributed by atoms with E-state index in [1.807, 2.05) is 0 Å². The number of aromatic hydroxyl groups is 1. The number of rotatable bonds is 10. The average Bonchev–Trinajstić information content (AvgIpc) is 2.89. The smallest absolute Gasteiger partial charge is 0.744 e. The van der Waals surface area contributed by atoms with E-state index in [0.29, 0.717) is 23.6 Å². The number of hydrogen-bond acceptors (Lipinski definition) is 16. The molecule has 0 unspecified atom stereocenters. The van der Waals surface area contributed by atoms with E-state index in [1.54, 1.807) is 0 Å². The molecule has 24 heteroatoms. The number of phenols is 1. The van der Waals surface area contributed by atoms with Crippen LogP contribution in [0.5, 0.6) is 5.75 Å². The number of anilines is 1. The second-order valence-electron chi connectivity index (χ2n) is 9.14. The summed E-state index contributed by atoms with van der Waals surface area (Å²) < 4.78 is 133. The Labute approximate surface area is 340 Å². The topological polar surface area (TPSA) is 289 Å². The number of nitrogens with zero attached hydrogens (tertiary/aromatic N) is 2. The predicted octanol–water partition coefficient (Wildman–Crippen LogP) is -6.86. The van der Waals surface area contributed by atoms with E-state index >= 15 is 0 Å². The van der Waals surface area contributed by atoms with Crippen LogP contribution in [0.3, 0.4) is 0 Å². The first-order chi connectivity index (χ1) is 20.7. The van der Waals surface area contributed by atoms with Gasteiger partial charge in [-0.3, -0.25) is 8.98 Å². The van der Waals surface area contributed by atoms with Gasteiger partial charge in [-0.15, -0.1) is 5.11 Å². The van der Waals surface area contributed by atoms with Crippen molar-refractivity contribution < 1.29 is 150 Å². The predicted molar refractivity (Wildman–Crippen MR) is 152 cm³/mol. The minimum atomic E-state index is -5.45. The van der Waals surface area contributed by atoms with Gasteiger partial charge >= 0.3 is 88.7 Å². The van der Waals surface area contributed by atoms with Crippen molar-refractivity contribution in [2.45, 2.75) is 21.6 Å². The molecule has 1 amide bonds. The van der Waals surface area contributed by atoms with Crippen LogP contribution in [0.15, 0.2) is 79.5 Å². The molecule has 0 saturated heterocycles. The summed E-state index contributed by atoms with van der Waals surface area (Å²) >= 11 is 0. The fraction of sp³-hybridized carbons (Fsp3) is 0.125. The first-order valence-electron chi connectivity index (χ1n) is 12.0. The van der Waals surface area contributed by atoms with Crippen LogP contribution in [0.4, 0.5) is 17.1 Å². The van der Waals surface area contributed by atoms with Crippen LogP contribution in [-0.2, 0) is 49.5 Å². The number of sulfone groups is 1. The van der Waals surface area contributed by atoms with Crippen molar-refractivity contribution in [3.8, 4) is 5.75 Å². The van der Waals surface area contributed by atoms with Gasteiger partial charge in [-0.05, 0) is 47.2 Å². The molecule has 4 rings (SSSR count). The average molecular weight is 770 g/mol. The van der Waals surface area contributed by atoms with Crippen molar-refractivity contribution in [2.75, 3.05) is 17.7 Å². The van der Waals surface area contributed by atoms with Crippen molar-refractivity contribution in [3.05, 3.63) is 54.6 Å². The van der Waals surface area contributed by atoms with E-state index < -0.39 is 96.4 Å². The van der Waals surface area contributed by atoms with Crippen molar-refractivity contribution in [1.29, 1.82) is 0 Å². The first kappa shape index (κ1) is 44.9. The molecule has 0 spiro atoms. The van der Waals surface area contributed by atoms with E-state index in [9.17, 15) is 57.2 Å².